The van der Waals surface area contributed by atoms with E-state index in [2.05, 4.69) is 0 Å². The topological polar surface area (TPSA) is 82.1 Å². The van der Waals surface area contributed by atoms with Gasteiger partial charge in [0.05, 0.1) is 12.5 Å². The Bertz CT molecular complexity index is 575. The van der Waals surface area contributed by atoms with E-state index in [1.165, 1.54) is 7.11 Å². The molecule has 2 amide bonds. The zero-order chi connectivity index (χ0) is 20.6. The molecule has 0 aromatic carbocycles. The second-order valence-electron chi connectivity index (χ2n) is 9.66. The van der Waals surface area contributed by atoms with Gasteiger partial charge in [-0.2, -0.15) is 0 Å². The molecule has 27 heavy (non-hydrogen) atoms. The molecule has 0 aliphatic heterocycles. The van der Waals surface area contributed by atoms with E-state index >= 15 is 0 Å². The van der Waals surface area contributed by atoms with Gasteiger partial charge in [-0.05, 0) is 73.1 Å². The third kappa shape index (κ3) is 4.74. The lowest BCUT2D eigenvalue weighted by molar-refractivity contribution is -0.154. The summed E-state index contributed by atoms with van der Waals surface area (Å²) in [4.78, 5) is 39.2. The molecule has 2 rings (SSSR count). The molecule has 2 fully saturated rings. The van der Waals surface area contributed by atoms with Gasteiger partial charge < -0.3 is 14.2 Å². The van der Waals surface area contributed by atoms with E-state index in [0.29, 0.717) is 12.8 Å². The number of carbonyl (C=O) groups is 3. The Labute approximate surface area is 161 Å². The van der Waals surface area contributed by atoms with E-state index in [4.69, 9.17) is 14.2 Å². The Morgan fingerprint density at radius 1 is 0.963 bits per heavy atom. The van der Waals surface area contributed by atoms with Gasteiger partial charge in [0.2, 0.25) is 0 Å². The number of ether oxygens (including phenoxy) is 3. The maximum atomic E-state index is 12.8. The maximum Gasteiger partial charge on any atom is 0.420 e. The first-order chi connectivity index (χ1) is 12.3. The Hall–Kier alpha value is -1.79. The molecule has 0 radical (unpaired) electrons. The quantitative estimate of drug-likeness (QED) is 0.523. The van der Waals surface area contributed by atoms with Crippen LogP contribution >= 0.6 is 0 Å². The predicted octanol–water partition coefficient (Wildman–Crippen LogP) is 4.28. The van der Waals surface area contributed by atoms with Crippen LogP contribution in [0.15, 0.2) is 0 Å². The number of methoxy groups -OCH3 is 1. The average molecular weight is 383 g/mol. The maximum absolute atomic E-state index is 12.8. The van der Waals surface area contributed by atoms with Crippen molar-refractivity contribution in [2.24, 2.45) is 11.3 Å². The fourth-order valence-electron chi connectivity index (χ4n) is 4.34. The summed E-state index contributed by atoms with van der Waals surface area (Å²) in [7, 11) is 1.39. The smallest absolute Gasteiger partial charge is 0.420 e. The molecule has 154 valence electrons. The van der Waals surface area contributed by atoms with Crippen LogP contribution in [-0.2, 0) is 19.0 Å². The van der Waals surface area contributed by atoms with Crippen LogP contribution in [-0.4, -0.2) is 47.4 Å². The number of fused-ring (bicyclic) bond motifs is 1. The number of esters is 1. The number of imide groups is 1. The van der Waals surface area contributed by atoms with Gasteiger partial charge in [0.15, 0.2) is 0 Å². The van der Waals surface area contributed by atoms with Crippen LogP contribution in [0.25, 0.3) is 0 Å². The van der Waals surface area contributed by atoms with Crippen molar-refractivity contribution in [3.05, 3.63) is 0 Å². The first-order valence-electron chi connectivity index (χ1n) is 9.63. The fourth-order valence-corrected chi connectivity index (χ4v) is 4.34. The van der Waals surface area contributed by atoms with E-state index in [1.807, 2.05) is 0 Å². The second kappa shape index (κ2) is 7.32. The number of rotatable bonds is 2. The molecule has 2 aliphatic rings. The first-order valence-corrected chi connectivity index (χ1v) is 9.63. The molecule has 0 saturated heterocycles. The van der Waals surface area contributed by atoms with Gasteiger partial charge in [-0.15, -0.1) is 0 Å². The summed E-state index contributed by atoms with van der Waals surface area (Å²) in [6.07, 6.45) is 2.05. The highest BCUT2D eigenvalue weighted by Gasteiger charge is 2.58. The molecular weight excluding hydrogens is 350 g/mol. The van der Waals surface area contributed by atoms with Gasteiger partial charge in [-0.1, -0.05) is 6.42 Å². The zero-order valence-corrected chi connectivity index (χ0v) is 17.6. The summed E-state index contributed by atoms with van der Waals surface area (Å²) in [6, 6.07) is -0.445. The molecule has 0 N–H and O–H groups in total. The standard InChI is InChI=1S/C20H33NO6/c1-18(2,3)26-16(23)21(17(24)27-19(4,5)6)14-11-13-9-8-10-20(13,12-14)15(22)25-7/h13-14H,8-12H2,1-7H3/t13-,14-,20-/m1/s1. The van der Waals surface area contributed by atoms with Gasteiger partial charge in [0.1, 0.15) is 11.2 Å². The van der Waals surface area contributed by atoms with Crippen molar-refractivity contribution in [2.75, 3.05) is 7.11 Å². The highest BCUT2D eigenvalue weighted by Crippen LogP contribution is 2.56. The van der Waals surface area contributed by atoms with E-state index in [1.54, 1.807) is 41.5 Å². The van der Waals surface area contributed by atoms with Crippen molar-refractivity contribution < 1.29 is 28.6 Å². The van der Waals surface area contributed by atoms with Crippen LogP contribution in [0.4, 0.5) is 9.59 Å². The summed E-state index contributed by atoms with van der Waals surface area (Å²) in [5, 5.41) is 0. The minimum absolute atomic E-state index is 0.0994. The summed E-state index contributed by atoms with van der Waals surface area (Å²) in [5.41, 5.74) is -2.11. The van der Waals surface area contributed by atoms with Gasteiger partial charge in [0.25, 0.3) is 0 Å². The molecule has 0 bridgehead atoms. The monoisotopic (exact) mass is 383 g/mol. The first kappa shape index (κ1) is 21.5. The van der Waals surface area contributed by atoms with Crippen LogP contribution in [0.3, 0.4) is 0 Å². The normalized spacial score (nSPS) is 27.7. The Kier molecular flexibility index (Phi) is 5.83. The molecule has 7 heteroatoms. The summed E-state index contributed by atoms with van der Waals surface area (Å²) in [5.74, 6) is -0.150. The summed E-state index contributed by atoms with van der Waals surface area (Å²) in [6.45, 7) is 10.5. The van der Waals surface area contributed by atoms with Gasteiger partial charge >= 0.3 is 18.2 Å². The number of nitrogens with zero attached hydrogens (tertiary/aromatic N) is 1. The van der Waals surface area contributed by atoms with Crippen molar-refractivity contribution >= 4 is 18.2 Å². The highest BCUT2D eigenvalue weighted by molar-refractivity contribution is 5.89. The molecule has 0 unspecified atom stereocenters. The van der Waals surface area contributed by atoms with Crippen LogP contribution in [0.2, 0.25) is 0 Å². The van der Waals surface area contributed by atoms with Crippen LogP contribution in [0, 0.1) is 11.3 Å². The van der Waals surface area contributed by atoms with E-state index in [9.17, 15) is 14.4 Å². The second-order valence-corrected chi connectivity index (χ2v) is 9.66. The number of hydrogen-bond acceptors (Lipinski definition) is 6. The minimum Gasteiger partial charge on any atom is -0.469 e. The SMILES string of the molecule is COC(=O)[C@@]12CCC[C@@H]1C[C@@H](N(C(=O)OC(C)(C)C)C(=O)OC(C)(C)C)C2. The molecule has 7 nitrogen and oxygen atoms in total. The van der Waals surface area contributed by atoms with Crippen molar-refractivity contribution in [3.63, 3.8) is 0 Å². The third-order valence-electron chi connectivity index (χ3n) is 5.25. The molecular formula is C20H33NO6. The lowest BCUT2D eigenvalue weighted by atomic mass is 9.80. The molecule has 0 aromatic heterocycles. The highest BCUT2D eigenvalue weighted by atomic mass is 16.6. The Balaban J connectivity index is 2.30. The summed E-state index contributed by atoms with van der Waals surface area (Å²) >= 11 is 0. The lowest BCUT2D eigenvalue weighted by Gasteiger charge is -2.32. The average Bonchev–Trinajstić information content (AvgIpc) is 3.00. The molecule has 0 spiro atoms. The Morgan fingerprint density at radius 3 is 1.93 bits per heavy atom. The van der Waals surface area contributed by atoms with Crippen molar-refractivity contribution in [3.8, 4) is 0 Å². The fraction of sp³-hybridized carbons (Fsp3) is 0.850. The van der Waals surface area contributed by atoms with Gasteiger partial charge in [0, 0.05) is 6.04 Å². The number of amides is 2. The van der Waals surface area contributed by atoms with Gasteiger partial charge in [-0.25, -0.2) is 14.5 Å². The van der Waals surface area contributed by atoms with E-state index in [0.717, 1.165) is 24.2 Å². The molecule has 0 heterocycles. The van der Waals surface area contributed by atoms with E-state index < -0.39 is 34.8 Å². The minimum atomic E-state index is -0.744. The predicted molar refractivity (Wildman–Crippen MR) is 99.1 cm³/mol. The summed E-state index contributed by atoms with van der Waals surface area (Å²) < 4.78 is 16.0. The van der Waals surface area contributed by atoms with Crippen molar-refractivity contribution in [2.45, 2.75) is 90.9 Å². The van der Waals surface area contributed by atoms with Crippen LogP contribution < -0.4 is 0 Å². The number of carbonyl (C=O) groups excluding carboxylic acids is 3. The zero-order valence-electron chi connectivity index (χ0n) is 17.6. The molecule has 2 aliphatic carbocycles. The third-order valence-corrected chi connectivity index (χ3v) is 5.25. The lowest BCUT2D eigenvalue weighted by Crippen LogP contribution is -2.48. The van der Waals surface area contributed by atoms with Crippen molar-refractivity contribution in [1.29, 1.82) is 0 Å². The Morgan fingerprint density at radius 2 is 1.48 bits per heavy atom. The largest absolute Gasteiger partial charge is 0.469 e. The van der Waals surface area contributed by atoms with Crippen LogP contribution in [0.5, 0.6) is 0 Å². The number of hydrogen-bond donors (Lipinski definition) is 0. The van der Waals surface area contributed by atoms with Gasteiger partial charge in [-0.3, -0.25) is 4.79 Å². The van der Waals surface area contributed by atoms with E-state index in [-0.39, 0.29) is 11.9 Å². The molecule has 0 aromatic rings. The van der Waals surface area contributed by atoms with Crippen LogP contribution in [0.1, 0.15) is 73.6 Å². The molecule has 3 atom stereocenters. The molecule has 2 saturated carbocycles. The van der Waals surface area contributed by atoms with Crippen molar-refractivity contribution in [1.82, 2.24) is 4.90 Å².